The van der Waals surface area contributed by atoms with Crippen LogP contribution in [0, 0.1) is 0 Å². The van der Waals surface area contributed by atoms with Crippen LogP contribution in [0.25, 0.3) is 11.0 Å². The zero-order chi connectivity index (χ0) is 16.0. The molecule has 1 atom stereocenters. The van der Waals surface area contributed by atoms with Crippen LogP contribution >= 0.6 is 0 Å². The number of aromatic nitrogens is 2. The number of hydrogen-bond donors (Lipinski definition) is 2. The van der Waals surface area contributed by atoms with Gasteiger partial charge in [0.15, 0.2) is 17.9 Å². The van der Waals surface area contributed by atoms with Crippen molar-refractivity contribution in [2.24, 2.45) is 10.7 Å². The fourth-order valence-electron chi connectivity index (χ4n) is 2.61. The van der Waals surface area contributed by atoms with E-state index in [1.165, 1.54) is 7.11 Å². The zero-order valence-electron chi connectivity index (χ0n) is 12.2. The van der Waals surface area contributed by atoms with Gasteiger partial charge < -0.3 is 14.9 Å². The van der Waals surface area contributed by atoms with Gasteiger partial charge in [0.25, 0.3) is 0 Å². The molecule has 3 N–H and O–H groups in total. The summed E-state index contributed by atoms with van der Waals surface area (Å²) in [6, 6.07) is 10.9. The Bertz CT molecular complexity index is 940. The van der Waals surface area contributed by atoms with Gasteiger partial charge >= 0.3 is 5.97 Å². The summed E-state index contributed by atoms with van der Waals surface area (Å²) in [6.07, 6.45) is -0.544. The van der Waals surface area contributed by atoms with Gasteiger partial charge in [0.1, 0.15) is 0 Å². The normalized spacial score (nSPS) is 16.6. The second-order valence-electron chi connectivity index (χ2n) is 5.00. The average Bonchev–Trinajstić information content (AvgIpc) is 3.17. The number of hydrogen-bond acceptors (Lipinski definition) is 7. The number of furan rings is 1. The van der Waals surface area contributed by atoms with Crippen molar-refractivity contribution in [1.82, 2.24) is 9.55 Å². The van der Waals surface area contributed by atoms with E-state index in [1.807, 2.05) is 28.8 Å². The molecule has 1 aliphatic rings. The molecule has 8 heteroatoms. The zero-order valence-corrected chi connectivity index (χ0v) is 12.2. The first-order valence-corrected chi connectivity index (χ1v) is 6.92. The number of aliphatic imine (C=N–C) groups is 1. The Hall–Kier alpha value is -3.29. The van der Waals surface area contributed by atoms with Crippen LogP contribution in [0.4, 0.5) is 5.95 Å². The molecule has 0 bridgehead atoms. The van der Waals surface area contributed by atoms with Gasteiger partial charge in [-0.1, -0.05) is 12.1 Å². The molecule has 0 unspecified atom stereocenters. The number of benzene rings is 1. The van der Waals surface area contributed by atoms with Gasteiger partial charge in [-0.3, -0.25) is 9.88 Å². The maximum atomic E-state index is 11.6. The maximum Gasteiger partial charge on any atom is 0.373 e. The van der Waals surface area contributed by atoms with Gasteiger partial charge in [-0.15, -0.1) is 0 Å². The Kier molecular flexibility index (Phi) is 2.83. The molecule has 0 saturated heterocycles. The fourth-order valence-corrected chi connectivity index (χ4v) is 2.61. The molecule has 2 aromatic heterocycles. The Balaban J connectivity index is 1.87. The number of methoxy groups -OCH3 is 1. The van der Waals surface area contributed by atoms with Gasteiger partial charge in [-0.05, 0) is 24.3 Å². The van der Waals surface area contributed by atoms with Gasteiger partial charge in [0.2, 0.25) is 11.7 Å². The quantitative estimate of drug-likeness (QED) is 0.697. The summed E-state index contributed by atoms with van der Waals surface area (Å²) in [6.45, 7) is 0. The Labute approximate surface area is 130 Å². The first kappa shape index (κ1) is 13.4. The first-order valence-electron chi connectivity index (χ1n) is 6.92. The summed E-state index contributed by atoms with van der Waals surface area (Å²) in [7, 11) is 1.30. The van der Waals surface area contributed by atoms with E-state index in [1.54, 1.807) is 12.1 Å². The Morgan fingerprint density at radius 1 is 1.35 bits per heavy atom. The highest BCUT2D eigenvalue weighted by Crippen LogP contribution is 2.33. The van der Waals surface area contributed by atoms with Crippen LogP contribution < -0.4 is 11.1 Å². The lowest BCUT2D eigenvalue weighted by Gasteiger charge is -2.21. The molecule has 0 aliphatic carbocycles. The van der Waals surface area contributed by atoms with Crippen molar-refractivity contribution in [3.05, 3.63) is 47.9 Å². The number of para-hydroxylation sites is 2. The number of ether oxygens (including phenoxy) is 1. The molecule has 0 spiro atoms. The number of guanidine groups is 1. The molecule has 1 aromatic carbocycles. The molecule has 0 saturated carbocycles. The largest absolute Gasteiger partial charge is 0.463 e. The second-order valence-corrected chi connectivity index (χ2v) is 5.00. The minimum Gasteiger partial charge on any atom is -0.463 e. The number of imidazole rings is 1. The highest BCUT2D eigenvalue weighted by Gasteiger charge is 2.28. The molecule has 3 heterocycles. The summed E-state index contributed by atoms with van der Waals surface area (Å²) in [5.41, 5.74) is 7.54. The lowest BCUT2D eigenvalue weighted by Crippen LogP contribution is -2.31. The van der Waals surface area contributed by atoms with Crippen LogP contribution in [0.15, 0.2) is 45.8 Å². The number of rotatable bonds is 2. The molecule has 8 nitrogen and oxygen atoms in total. The van der Waals surface area contributed by atoms with E-state index >= 15 is 0 Å². The molecule has 0 amide bonds. The second kappa shape index (κ2) is 4.87. The third-order valence-corrected chi connectivity index (χ3v) is 3.61. The number of carbonyl (C=O) groups is 1. The number of nitrogens with two attached hydrogens (primary N) is 1. The number of nitrogens with one attached hydrogen (secondary N) is 1. The number of anilines is 1. The predicted molar refractivity (Wildman–Crippen MR) is 83.2 cm³/mol. The molecule has 116 valence electrons. The number of nitrogens with zero attached hydrogens (tertiary/aromatic N) is 3. The van der Waals surface area contributed by atoms with E-state index < -0.39 is 12.1 Å². The summed E-state index contributed by atoms with van der Waals surface area (Å²) in [4.78, 5) is 20.4. The summed E-state index contributed by atoms with van der Waals surface area (Å²) >= 11 is 0. The lowest BCUT2D eigenvalue weighted by molar-refractivity contribution is 0.0562. The molecule has 3 aromatic rings. The van der Waals surface area contributed by atoms with Gasteiger partial charge in [-0.2, -0.15) is 0 Å². The van der Waals surface area contributed by atoms with Crippen LogP contribution in [0.5, 0.6) is 0 Å². The highest BCUT2D eigenvalue weighted by atomic mass is 16.5. The van der Waals surface area contributed by atoms with E-state index in [0.717, 1.165) is 11.0 Å². The summed E-state index contributed by atoms with van der Waals surface area (Å²) in [5, 5.41) is 2.94. The molecule has 23 heavy (non-hydrogen) atoms. The van der Waals surface area contributed by atoms with Gasteiger partial charge in [0, 0.05) is 0 Å². The number of esters is 1. The van der Waals surface area contributed by atoms with Crippen molar-refractivity contribution in [2.45, 2.75) is 6.17 Å². The monoisotopic (exact) mass is 311 g/mol. The number of fused-ring (bicyclic) bond motifs is 3. The molecular formula is C15H13N5O3. The molecule has 1 aliphatic heterocycles. The van der Waals surface area contributed by atoms with E-state index in [0.29, 0.717) is 11.7 Å². The van der Waals surface area contributed by atoms with Crippen LogP contribution in [0.1, 0.15) is 22.5 Å². The third-order valence-electron chi connectivity index (χ3n) is 3.61. The van der Waals surface area contributed by atoms with E-state index in [-0.39, 0.29) is 11.7 Å². The summed E-state index contributed by atoms with van der Waals surface area (Å²) < 4.78 is 12.1. The molecule has 0 fully saturated rings. The van der Waals surface area contributed by atoms with Crippen LogP contribution in [0.2, 0.25) is 0 Å². The predicted octanol–water partition coefficient (Wildman–Crippen LogP) is 1.70. The average molecular weight is 311 g/mol. The van der Waals surface area contributed by atoms with Crippen LogP contribution in [0.3, 0.4) is 0 Å². The SMILES string of the molecule is COC(=O)c1ccc([C@H]2N=C(N)Nc3nc4ccccc4n32)o1. The standard InChI is InChI=1S/C15H13N5O3/c1-22-13(21)11-7-6-10(23-11)12-18-14(16)19-15-17-8-4-2-3-5-9(8)20(12)15/h2-7,12H,1H3,(H3,16,17,18,19)/t12-/m0/s1. The lowest BCUT2D eigenvalue weighted by atomic mass is 10.3. The van der Waals surface area contributed by atoms with Crippen molar-refractivity contribution >= 4 is 28.9 Å². The number of carbonyl (C=O) groups excluding carboxylic acids is 1. The van der Waals surface area contributed by atoms with Crippen molar-refractivity contribution in [1.29, 1.82) is 0 Å². The summed E-state index contributed by atoms with van der Waals surface area (Å²) in [5.74, 6) is 0.839. The Morgan fingerprint density at radius 2 is 2.17 bits per heavy atom. The molecule has 0 radical (unpaired) electrons. The fraction of sp³-hybridized carbons (Fsp3) is 0.133. The van der Waals surface area contributed by atoms with Gasteiger partial charge in [0.05, 0.1) is 18.1 Å². The first-order chi connectivity index (χ1) is 11.2. The third kappa shape index (κ3) is 2.03. The maximum absolute atomic E-state index is 11.6. The van der Waals surface area contributed by atoms with E-state index in [9.17, 15) is 4.79 Å². The van der Waals surface area contributed by atoms with Gasteiger partial charge in [-0.25, -0.2) is 14.8 Å². The van der Waals surface area contributed by atoms with Crippen molar-refractivity contribution in [3.63, 3.8) is 0 Å². The topological polar surface area (TPSA) is 108 Å². The smallest absolute Gasteiger partial charge is 0.373 e. The molecular weight excluding hydrogens is 298 g/mol. The highest BCUT2D eigenvalue weighted by molar-refractivity contribution is 5.94. The minimum atomic E-state index is -0.544. The van der Waals surface area contributed by atoms with Crippen LogP contribution in [-0.4, -0.2) is 28.6 Å². The van der Waals surface area contributed by atoms with E-state index in [2.05, 4.69) is 20.0 Å². The van der Waals surface area contributed by atoms with Crippen molar-refractivity contribution in [3.8, 4) is 0 Å². The van der Waals surface area contributed by atoms with Crippen molar-refractivity contribution < 1.29 is 13.9 Å². The molecule has 4 rings (SSSR count). The van der Waals surface area contributed by atoms with E-state index in [4.69, 9.17) is 10.2 Å². The Morgan fingerprint density at radius 3 is 3.00 bits per heavy atom. The van der Waals surface area contributed by atoms with Crippen molar-refractivity contribution in [2.75, 3.05) is 12.4 Å². The van der Waals surface area contributed by atoms with Crippen LogP contribution in [-0.2, 0) is 4.74 Å². The minimum absolute atomic E-state index is 0.112.